The van der Waals surface area contributed by atoms with Crippen LogP contribution in [0.5, 0.6) is 0 Å². The van der Waals surface area contributed by atoms with Crippen molar-refractivity contribution in [1.29, 1.82) is 0 Å². The van der Waals surface area contributed by atoms with Crippen LogP contribution in [0.2, 0.25) is 0 Å². The molecule has 2 atom stereocenters. The van der Waals surface area contributed by atoms with E-state index in [2.05, 4.69) is 5.32 Å². The Bertz CT molecular complexity index is 447. The van der Waals surface area contributed by atoms with Crippen molar-refractivity contribution < 1.29 is 13.9 Å². The second-order valence-corrected chi connectivity index (χ2v) is 4.75. The standard InChI is InChI=1S/C14H18FNO2/c1-9-3-4-11(15)5-10(9)6-14(17)12-7-18-8-13(12)16-2/h3-5,12-13,16H,6-8H2,1-2H3. The van der Waals surface area contributed by atoms with Gasteiger partial charge in [-0.2, -0.15) is 0 Å². The van der Waals surface area contributed by atoms with Gasteiger partial charge in [0.15, 0.2) is 0 Å². The molecule has 0 amide bonds. The van der Waals surface area contributed by atoms with E-state index in [-0.39, 0.29) is 30.0 Å². The molecule has 0 bridgehead atoms. The number of carbonyl (C=O) groups excluding carboxylic acids is 1. The van der Waals surface area contributed by atoms with Crippen molar-refractivity contribution in [3.05, 3.63) is 35.1 Å². The summed E-state index contributed by atoms with van der Waals surface area (Å²) in [5.74, 6) is -0.311. The number of halogens is 1. The zero-order valence-corrected chi connectivity index (χ0v) is 10.7. The van der Waals surface area contributed by atoms with Gasteiger partial charge in [-0.15, -0.1) is 0 Å². The molecule has 0 spiro atoms. The Hall–Kier alpha value is -1.26. The van der Waals surface area contributed by atoms with Crippen LogP contribution in [0.1, 0.15) is 11.1 Å². The Balaban J connectivity index is 2.09. The quantitative estimate of drug-likeness (QED) is 0.881. The molecule has 1 saturated heterocycles. The highest BCUT2D eigenvalue weighted by atomic mass is 19.1. The number of ketones is 1. The van der Waals surface area contributed by atoms with E-state index in [1.54, 1.807) is 6.07 Å². The first-order valence-electron chi connectivity index (χ1n) is 6.14. The van der Waals surface area contributed by atoms with E-state index in [0.717, 1.165) is 11.1 Å². The van der Waals surface area contributed by atoms with Crippen molar-refractivity contribution in [3.63, 3.8) is 0 Å². The van der Waals surface area contributed by atoms with Gasteiger partial charge in [0.25, 0.3) is 0 Å². The number of hydrogen-bond acceptors (Lipinski definition) is 3. The Morgan fingerprint density at radius 3 is 3.00 bits per heavy atom. The van der Waals surface area contributed by atoms with Crippen LogP contribution >= 0.6 is 0 Å². The van der Waals surface area contributed by atoms with Gasteiger partial charge >= 0.3 is 0 Å². The minimum Gasteiger partial charge on any atom is -0.379 e. The van der Waals surface area contributed by atoms with Crippen LogP contribution < -0.4 is 5.32 Å². The van der Waals surface area contributed by atoms with Crippen LogP contribution in [0.25, 0.3) is 0 Å². The maximum atomic E-state index is 13.2. The first-order chi connectivity index (χ1) is 8.61. The summed E-state index contributed by atoms with van der Waals surface area (Å²) in [7, 11) is 1.83. The molecular formula is C14H18FNO2. The number of aryl methyl sites for hydroxylation is 1. The number of nitrogens with one attached hydrogen (secondary N) is 1. The Morgan fingerprint density at radius 1 is 1.50 bits per heavy atom. The van der Waals surface area contributed by atoms with Crippen molar-refractivity contribution in [2.75, 3.05) is 20.3 Å². The second-order valence-electron chi connectivity index (χ2n) is 4.75. The smallest absolute Gasteiger partial charge is 0.144 e. The summed E-state index contributed by atoms with van der Waals surface area (Å²) in [6, 6.07) is 4.64. The molecule has 3 nitrogen and oxygen atoms in total. The minimum atomic E-state index is -0.295. The van der Waals surface area contributed by atoms with Crippen molar-refractivity contribution in [2.45, 2.75) is 19.4 Å². The molecule has 2 unspecified atom stereocenters. The number of carbonyl (C=O) groups is 1. The van der Waals surface area contributed by atoms with Crippen molar-refractivity contribution >= 4 is 5.78 Å². The number of rotatable bonds is 4. The molecule has 0 aliphatic carbocycles. The largest absolute Gasteiger partial charge is 0.379 e. The normalized spacial score (nSPS) is 23.3. The lowest BCUT2D eigenvalue weighted by molar-refractivity contribution is -0.122. The van der Waals surface area contributed by atoms with E-state index in [1.807, 2.05) is 14.0 Å². The van der Waals surface area contributed by atoms with Crippen LogP contribution in [0.4, 0.5) is 4.39 Å². The first-order valence-corrected chi connectivity index (χ1v) is 6.14. The maximum absolute atomic E-state index is 13.2. The summed E-state index contributed by atoms with van der Waals surface area (Å²) in [6.07, 6.45) is 0.274. The van der Waals surface area contributed by atoms with Crippen LogP contribution in [0.3, 0.4) is 0 Å². The SMILES string of the molecule is CNC1COCC1C(=O)Cc1cc(F)ccc1C. The number of ether oxygens (including phenoxy) is 1. The van der Waals surface area contributed by atoms with Crippen LogP contribution in [0.15, 0.2) is 18.2 Å². The zero-order valence-electron chi connectivity index (χ0n) is 10.7. The summed E-state index contributed by atoms with van der Waals surface area (Å²) in [4.78, 5) is 12.2. The third kappa shape index (κ3) is 2.76. The average Bonchev–Trinajstić information content (AvgIpc) is 2.82. The van der Waals surface area contributed by atoms with Gasteiger partial charge in [0, 0.05) is 12.5 Å². The van der Waals surface area contributed by atoms with E-state index >= 15 is 0 Å². The van der Waals surface area contributed by atoms with Gasteiger partial charge in [0.05, 0.1) is 19.1 Å². The number of likely N-dealkylation sites (N-methyl/N-ethyl adjacent to an activating group) is 1. The molecule has 2 rings (SSSR count). The highest BCUT2D eigenvalue weighted by Crippen LogP contribution is 2.19. The molecule has 1 aromatic rings. The van der Waals surface area contributed by atoms with E-state index < -0.39 is 0 Å². The number of Topliss-reactive ketones (excluding diaryl/α,β-unsaturated/α-hetero) is 1. The molecular weight excluding hydrogens is 233 g/mol. The average molecular weight is 251 g/mol. The number of hydrogen-bond donors (Lipinski definition) is 1. The monoisotopic (exact) mass is 251 g/mol. The van der Waals surface area contributed by atoms with E-state index in [0.29, 0.717) is 13.2 Å². The minimum absolute atomic E-state index is 0.0753. The number of benzene rings is 1. The summed E-state index contributed by atoms with van der Waals surface area (Å²) < 4.78 is 18.5. The molecule has 0 saturated carbocycles. The molecule has 0 radical (unpaired) electrons. The van der Waals surface area contributed by atoms with Crippen molar-refractivity contribution in [1.82, 2.24) is 5.32 Å². The molecule has 0 aromatic heterocycles. The molecule has 1 aliphatic heterocycles. The van der Waals surface area contributed by atoms with Gasteiger partial charge in [-0.05, 0) is 37.2 Å². The predicted octanol–water partition coefficient (Wildman–Crippen LogP) is 1.48. The Labute approximate surface area is 106 Å². The summed E-state index contributed by atoms with van der Waals surface area (Å²) in [5.41, 5.74) is 1.71. The second kappa shape index (κ2) is 5.59. The third-order valence-corrected chi connectivity index (χ3v) is 3.54. The Morgan fingerprint density at radius 2 is 2.28 bits per heavy atom. The van der Waals surface area contributed by atoms with E-state index in [9.17, 15) is 9.18 Å². The highest BCUT2D eigenvalue weighted by Gasteiger charge is 2.32. The van der Waals surface area contributed by atoms with E-state index in [1.165, 1.54) is 12.1 Å². The zero-order chi connectivity index (χ0) is 13.1. The van der Waals surface area contributed by atoms with Crippen LogP contribution in [-0.4, -0.2) is 32.1 Å². The summed E-state index contributed by atoms with van der Waals surface area (Å²) in [6.45, 7) is 2.91. The third-order valence-electron chi connectivity index (χ3n) is 3.54. The molecule has 1 fully saturated rings. The summed E-state index contributed by atoms with van der Waals surface area (Å²) in [5, 5.41) is 3.09. The predicted molar refractivity (Wildman–Crippen MR) is 67.0 cm³/mol. The highest BCUT2D eigenvalue weighted by molar-refractivity contribution is 5.84. The van der Waals surface area contributed by atoms with Gasteiger partial charge in [-0.3, -0.25) is 4.79 Å². The molecule has 1 aliphatic rings. The van der Waals surface area contributed by atoms with E-state index in [4.69, 9.17) is 4.74 Å². The van der Waals surface area contributed by atoms with Crippen LogP contribution in [-0.2, 0) is 16.0 Å². The van der Waals surface area contributed by atoms with Gasteiger partial charge in [-0.25, -0.2) is 4.39 Å². The fourth-order valence-corrected chi connectivity index (χ4v) is 2.31. The van der Waals surface area contributed by atoms with Gasteiger partial charge in [0.2, 0.25) is 0 Å². The fourth-order valence-electron chi connectivity index (χ4n) is 2.31. The molecule has 18 heavy (non-hydrogen) atoms. The Kier molecular flexibility index (Phi) is 4.09. The lowest BCUT2D eigenvalue weighted by Gasteiger charge is -2.16. The van der Waals surface area contributed by atoms with Gasteiger partial charge < -0.3 is 10.1 Å². The molecule has 1 heterocycles. The molecule has 1 aromatic carbocycles. The maximum Gasteiger partial charge on any atom is 0.144 e. The van der Waals surface area contributed by atoms with Crippen molar-refractivity contribution in [2.24, 2.45) is 5.92 Å². The summed E-state index contributed by atoms with van der Waals surface area (Å²) >= 11 is 0. The molecule has 1 N–H and O–H groups in total. The molecule has 98 valence electrons. The lowest BCUT2D eigenvalue weighted by atomic mass is 9.92. The van der Waals surface area contributed by atoms with Crippen molar-refractivity contribution in [3.8, 4) is 0 Å². The van der Waals surface area contributed by atoms with Crippen LogP contribution in [0, 0.1) is 18.7 Å². The topological polar surface area (TPSA) is 38.3 Å². The fraction of sp³-hybridized carbons (Fsp3) is 0.500. The first kappa shape index (κ1) is 13.2. The van der Waals surface area contributed by atoms with Gasteiger partial charge in [-0.1, -0.05) is 6.07 Å². The van der Waals surface area contributed by atoms with Gasteiger partial charge in [0.1, 0.15) is 11.6 Å². The molecule has 4 heteroatoms. The lowest BCUT2D eigenvalue weighted by Crippen LogP contribution is -2.37.